The molecule has 4 rings (SSSR count). The van der Waals surface area contributed by atoms with Gasteiger partial charge in [0.1, 0.15) is 5.75 Å². The number of methoxy groups -OCH3 is 1. The van der Waals surface area contributed by atoms with Crippen LogP contribution in [0, 0.1) is 0 Å². The third-order valence-electron chi connectivity index (χ3n) is 5.82. The molecule has 0 aliphatic carbocycles. The van der Waals surface area contributed by atoms with Crippen LogP contribution in [0.3, 0.4) is 0 Å². The Morgan fingerprint density at radius 1 is 1.15 bits per heavy atom. The van der Waals surface area contributed by atoms with Crippen molar-refractivity contribution in [1.29, 1.82) is 0 Å². The Morgan fingerprint density at radius 2 is 1.85 bits per heavy atom. The van der Waals surface area contributed by atoms with Crippen molar-refractivity contribution < 1.29 is 22.5 Å². The molecule has 2 aromatic carbocycles. The monoisotopic (exact) mass is 581 g/mol. The number of H-pyrrole nitrogens is 1. The average Bonchev–Trinajstić information content (AvgIpc) is 3.35. The number of amides is 1. The molecule has 0 saturated heterocycles. The summed E-state index contributed by atoms with van der Waals surface area (Å²) in [4.78, 5) is 28.8. The number of carbonyl (C=O) groups excluding carboxylic acids is 1. The molecule has 0 aliphatic rings. The lowest BCUT2D eigenvalue weighted by atomic mass is 10.1. The highest BCUT2D eigenvalue weighted by Gasteiger charge is 2.17. The molecule has 4 aromatic rings. The number of likely N-dealkylation sites (N-methyl/N-ethyl adjacent to an activating group) is 2. The van der Waals surface area contributed by atoms with Crippen LogP contribution in [0.1, 0.15) is 0 Å². The molecule has 0 aliphatic heterocycles. The standard InChI is InChI=1S/C27H31N7O2.CH4O3S/c1-6-26(35)30-22-15-23(25(36-5)16-24(22)34(4)14-13-33(2)3)32-27-28-12-11-21(31-27)19-17-29-20-10-8-7-9-18(19)20;1-5(2,3)4/h6-12,15-17,29H,1,13-14H2,2-5H3,(H,30,35)(H,28,31,32);1H3,(H,2,3,4). The largest absolute Gasteiger partial charge is 0.494 e. The number of ether oxygens (including phenoxy) is 1. The summed E-state index contributed by atoms with van der Waals surface area (Å²) in [5.74, 6) is 0.705. The molecule has 0 fully saturated rings. The summed E-state index contributed by atoms with van der Waals surface area (Å²) in [6.07, 6.45) is 5.61. The third-order valence-corrected chi connectivity index (χ3v) is 5.82. The number of nitrogens with one attached hydrogen (secondary N) is 3. The number of hydrogen-bond acceptors (Lipinski definition) is 9. The van der Waals surface area contributed by atoms with Gasteiger partial charge in [0.25, 0.3) is 10.1 Å². The maximum atomic E-state index is 12.2. The summed E-state index contributed by atoms with van der Waals surface area (Å²) in [7, 11) is 3.95. The molecular weight excluding hydrogens is 546 g/mol. The molecule has 2 aromatic heterocycles. The van der Waals surface area contributed by atoms with Crippen molar-refractivity contribution in [3.8, 4) is 17.0 Å². The summed E-state index contributed by atoms with van der Waals surface area (Å²) >= 11 is 0. The smallest absolute Gasteiger partial charge is 0.261 e. The number of benzene rings is 2. The molecule has 0 spiro atoms. The van der Waals surface area contributed by atoms with Gasteiger partial charge in [0.05, 0.1) is 36.1 Å². The highest BCUT2D eigenvalue weighted by Crippen LogP contribution is 2.38. The van der Waals surface area contributed by atoms with E-state index in [1.165, 1.54) is 6.08 Å². The van der Waals surface area contributed by atoms with Gasteiger partial charge < -0.3 is 30.2 Å². The Kier molecular flexibility index (Phi) is 10.4. The summed E-state index contributed by atoms with van der Waals surface area (Å²) < 4.78 is 31.6. The first-order valence-electron chi connectivity index (χ1n) is 12.5. The second-order valence-electron chi connectivity index (χ2n) is 9.36. The molecule has 0 bridgehead atoms. The molecule has 218 valence electrons. The van der Waals surface area contributed by atoms with Gasteiger partial charge in [-0.3, -0.25) is 9.35 Å². The first-order valence-corrected chi connectivity index (χ1v) is 14.3. The third kappa shape index (κ3) is 9.03. The van der Waals surface area contributed by atoms with Gasteiger partial charge in [-0.15, -0.1) is 0 Å². The van der Waals surface area contributed by atoms with Crippen molar-refractivity contribution in [1.82, 2.24) is 19.9 Å². The fourth-order valence-electron chi connectivity index (χ4n) is 3.88. The van der Waals surface area contributed by atoms with Gasteiger partial charge in [0.15, 0.2) is 0 Å². The van der Waals surface area contributed by atoms with Crippen LogP contribution < -0.4 is 20.3 Å². The number of anilines is 4. The zero-order valence-corrected chi connectivity index (χ0v) is 24.5. The number of para-hydroxylation sites is 1. The highest BCUT2D eigenvalue weighted by molar-refractivity contribution is 7.85. The molecule has 2 heterocycles. The zero-order valence-electron chi connectivity index (χ0n) is 23.7. The van der Waals surface area contributed by atoms with E-state index in [-0.39, 0.29) is 5.91 Å². The van der Waals surface area contributed by atoms with Crippen LogP contribution in [0.25, 0.3) is 22.2 Å². The lowest BCUT2D eigenvalue weighted by Gasteiger charge is -2.26. The van der Waals surface area contributed by atoms with E-state index in [9.17, 15) is 13.2 Å². The number of aromatic amines is 1. The van der Waals surface area contributed by atoms with Crippen molar-refractivity contribution in [3.05, 3.63) is 67.5 Å². The fourth-order valence-corrected chi connectivity index (χ4v) is 3.88. The van der Waals surface area contributed by atoms with E-state index >= 15 is 0 Å². The van der Waals surface area contributed by atoms with Crippen LogP contribution in [-0.2, 0) is 14.9 Å². The van der Waals surface area contributed by atoms with E-state index in [1.807, 2.05) is 63.7 Å². The Balaban J connectivity index is 0.000000850. The van der Waals surface area contributed by atoms with Crippen LogP contribution in [0.2, 0.25) is 0 Å². The maximum Gasteiger partial charge on any atom is 0.261 e. The van der Waals surface area contributed by atoms with Crippen molar-refractivity contribution in [2.45, 2.75) is 0 Å². The van der Waals surface area contributed by atoms with Crippen molar-refractivity contribution in [2.75, 3.05) is 63.1 Å². The van der Waals surface area contributed by atoms with E-state index in [1.54, 1.807) is 13.3 Å². The second kappa shape index (κ2) is 13.7. The van der Waals surface area contributed by atoms with Crippen LogP contribution in [0.15, 0.2) is 67.5 Å². The first-order chi connectivity index (χ1) is 19.4. The Morgan fingerprint density at radius 3 is 2.51 bits per heavy atom. The molecule has 13 heteroatoms. The molecule has 1 amide bonds. The molecule has 0 saturated carbocycles. The van der Waals surface area contributed by atoms with E-state index in [0.29, 0.717) is 29.3 Å². The first kappa shape index (κ1) is 31.1. The SMILES string of the molecule is C=CC(=O)Nc1cc(Nc2nccc(-c3c[nH]c4ccccc34)n2)c(OC)cc1N(C)CCN(C)C.CS(=O)(=O)O. The molecular formula is C28H35N7O5S. The topological polar surface area (TPSA) is 153 Å². The minimum Gasteiger partial charge on any atom is -0.494 e. The quantitative estimate of drug-likeness (QED) is 0.160. The molecule has 0 radical (unpaired) electrons. The summed E-state index contributed by atoms with van der Waals surface area (Å²) in [6.45, 7) is 5.18. The number of aromatic nitrogens is 3. The lowest BCUT2D eigenvalue weighted by Crippen LogP contribution is -2.29. The summed E-state index contributed by atoms with van der Waals surface area (Å²) in [5, 5.41) is 7.25. The lowest BCUT2D eigenvalue weighted by molar-refractivity contribution is -0.111. The van der Waals surface area contributed by atoms with Crippen molar-refractivity contribution >= 4 is 49.9 Å². The van der Waals surface area contributed by atoms with Gasteiger partial charge in [0, 0.05) is 55.1 Å². The minimum absolute atomic E-state index is 0.300. The summed E-state index contributed by atoms with van der Waals surface area (Å²) in [5.41, 5.74) is 4.88. The average molecular weight is 582 g/mol. The predicted molar refractivity (Wildman–Crippen MR) is 164 cm³/mol. The van der Waals surface area contributed by atoms with Gasteiger partial charge in [-0.25, -0.2) is 9.97 Å². The number of hydrogen-bond donors (Lipinski definition) is 4. The highest BCUT2D eigenvalue weighted by atomic mass is 32.2. The predicted octanol–water partition coefficient (Wildman–Crippen LogP) is 4.00. The van der Waals surface area contributed by atoms with E-state index in [2.05, 4.69) is 43.0 Å². The molecule has 12 nitrogen and oxygen atoms in total. The Hall–Kier alpha value is -4.46. The normalized spacial score (nSPS) is 11.0. The Labute approximate surface area is 239 Å². The maximum absolute atomic E-state index is 12.2. The van der Waals surface area contributed by atoms with Crippen LogP contribution in [-0.4, -0.2) is 86.3 Å². The number of nitrogens with zero attached hydrogens (tertiary/aromatic N) is 4. The fraction of sp³-hybridized carbons (Fsp3) is 0.250. The van der Waals surface area contributed by atoms with Gasteiger partial charge in [-0.2, -0.15) is 8.42 Å². The number of fused-ring (bicyclic) bond motifs is 1. The van der Waals surface area contributed by atoms with Gasteiger partial charge >= 0.3 is 0 Å². The molecule has 41 heavy (non-hydrogen) atoms. The Bertz CT molecular complexity index is 1610. The molecule has 4 N–H and O–H groups in total. The van der Waals surface area contributed by atoms with E-state index < -0.39 is 10.1 Å². The second-order valence-corrected chi connectivity index (χ2v) is 10.8. The van der Waals surface area contributed by atoms with Gasteiger partial charge in [-0.1, -0.05) is 24.8 Å². The van der Waals surface area contributed by atoms with Crippen LogP contribution >= 0.6 is 0 Å². The zero-order chi connectivity index (χ0) is 30.2. The molecule has 0 atom stereocenters. The molecule has 0 unspecified atom stereocenters. The van der Waals surface area contributed by atoms with E-state index in [0.717, 1.165) is 40.9 Å². The number of rotatable bonds is 10. The van der Waals surface area contributed by atoms with Gasteiger partial charge in [-0.05, 0) is 38.4 Å². The van der Waals surface area contributed by atoms with Crippen molar-refractivity contribution in [2.24, 2.45) is 0 Å². The van der Waals surface area contributed by atoms with Crippen LogP contribution in [0.4, 0.5) is 23.0 Å². The number of carbonyl (C=O) groups is 1. The van der Waals surface area contributed by atoms with E-state index in [4.69, 9.17) is 14.3 Å². The van der Waals surface area contributed by atoms with Crippen molar-refractivity contribution in [3.63, 3.8) is 0 Å². The summed E-state index contributed by atoms with van der Waals surface area (Å²) in [6, 6.07) is 13.7. The van der Waals surface area contributed by atoms with Crippen LogP contribution in [0.5, 0.6) is 5.75 Å². The minimum atomic E-state index is -3.67. The van der Waals surface area contributed by atoms with Gasteiger partial charge in [0.2, 0.25) is 11.9 Å².